The van der Waals surface area contributed by atoms with E-state index < -0.39 is 0 Å². The van der Waals surface area contributed by atoms with Gasteiger partial charge in [0.25, 0.3) is 0 Å². The molecule has 1 amide bonds. The number of hydrogen-bond acceptors (Lipinski definition) is 1. The molecule has 0 aliphatic heterocycles. The van der Waals surface area contributed by atoms with Gasteiger partial charge in [-0.3, -0.25) is 4.79 Å². The Morgan fingerprint density at radius 2 is 1.90 bits per heavy atom. The predicted molar refractivity (Wildman–Crippen MR) is 42.4 cm³/mol. The van der Waals surface area contributed by atoms with E-state index >= 15 is 0 Å². The van der Waals surface area contributed by atoms with Crippen LogP contribution >= 0.6 is 0 Å². The molecule has 0 saturated heterocycles. The van der Waals surface area contributed by atoms with Crippen LogP contribution in [0.5, 0.6) is 0 Å². The predicted octanol–water partition coefficient (Wildman–Crippen LogP) is 1.54. The second-order valence-electron chi connectivity index (χ2n) is 2.80. The van der Waals surface area contributed by atoms with Gasteiger partial charge in [-0.15, -0.1) is 0 Å². The highest BCUT2D eigenvalue weighted by Gasteiger charge is 2.18. The van der Waals surface area contributed by atoms with Gasteiger partial charge in [-0.1, -0.05) is 27.2 Å². The van der Waals surface area contributed by atoms with Crippen LogP contribution in [0.1, 0.15) is 33.6 Å². The molecule has 0 radical (unpaired) electrons. The molecule has 0 aromatic heterocycles. The number of amides is 1. The molecule has 0 bridgehead atoms. The van der Waals surface area contributed by atoms with Crippen molar-refractivity contribution in [2.45, 2.75) is 33.6 Å². The summed E-state index contributed by atoms with van der Waals surface area (Å²) < 4.78 is 0. The van der Waals surface area contributed by atoms with Gasteiger partial charge in [-0.05, 0) is 12.3 Å². The topological polar surface area (TPSA) is 43.1 Å². The smallest absolute Gasteiger partial charge is 0.220 e. The zero-order valence-corrected chi connectivity index (χ0v) is 7.05. The molecule has 0 spiro atoms. The van der Waals surface area contributed by atoms with Gasteiger partial charge < -0.3 is 5.73 Å². The summed E-state index contributed by atoms with van der Waals surface area (Å²) in [6.45, 7) is 6.15. The fraction of sp³-hybridized carbons (Fsp3) is 0.875. The SMILES string of the molecule is CC[C@@H](C)[C@H](CC)C(N)=O. The summed E-state index contributed by atoms with van der Waals surface area (Å²) in [4.78, 5) is 10.8. The van der Waals surface area contributed by atoms with E-state index in [2.05, 4.69) is 13.8 Å². The Labute approximate surface area is 62.8 Å². The van der Waals surface area contributed by atoms with Gasteiger partial charge in [0.1, 0.15) is 0 Å². The van der Waals surface area contributed by atoms with Crippen molar-refractivity contribution < 1.29 is 4.79 Å². The molecule has 0 aliphatic rings. The molecule has 2 nitrogen and oxygen atoms in total. The Morgan fingerprint density at radius 3 is 2.00 bits per heavy atom. The Bertz CT molecular complexity index is 112. The number of carbonyl (C=O) groups is 1. The first-order valence-electron chi connectivity index (χ1n) is 3.92. The Kier molecular flexibility index (Phi) is 4.08. The number of nitrogens with two attached hydrogens (primary N) is 1. The maximum absolute atomic E-state index is 10.8. The highest BCUT2D eigenvalue weighted by molar-refractivity contribution is 5.76. The second kappa shape index (κ2) is 4.31. The van der Waals surface area contributed by atoms with Crippen LogP contribution < -0.4 is 5.73 Å². The normalized spacial score (nSPS) is 16.3. The molecular formula is C8H17NO. The molecule has 60 valence electrons. The highest BCUT2D eigenvalue weighted by atomic mass is 16.1. The van der Waals surface area contributed by atoms with Crippen molar-refractivity contribution in [2.75, 3.05) is 0 Å². The van der Waals surface area contributed by atoms with E-state index in [1.54, 1.807) is 0 Å². The molecule has 0 aliphatic carbocycles. The molecule has 2 atom stereocenters. The van der Waals surface area contributed by atoms with E-state index in [0.29, 0.717) is 5.92 Å². The average molecular weight is 143 g/mol. The van der Waals surface area contributed by atoms with Gasteiger partial charge in [-0.25, -0.2) is 0 Å². The minimum atomic E-state index is -0.156. The maximum atomic E-state index is 10.8. The summed E-state index contributed by atoms with van der Waals surface area (Å²) in [5.74, 6) is 0.351. The van der Waals surface area contributed by atoms with Crippen molar-refractivity contribution in [3.8, 4) is 0 Å². The van der Waals surface area contributed by atoms with Crippen molar-refractivity contribution >= 4 is 5.91 Å². The zero-order valence-electron chi connectivity index (χ0n) is 7.05. The Balaban J connectivity index is 3.92. The monoisotopic (exact) mass is 143 g/mol. The van der Waals surface area contributed by atoms with Crippen LogP contribution in [0.3, 0.4) is 0 Å². The first-order chi connectivity index (χ1) is 4.63. The minimum Gasteiger partial charge on any atom is -0.369 e. The molecule has 0 unspecified atom stereocenters. The molecule has 2 heteroatoms. The van der Waals surface area contributed by atoms with E-state index in [4.69, 9.17) is 5.73 Å². The van der Waals surface area contributed by atoms with Gasteiger partial charge in [-0.2, -0.15) is 0 Å². The lowest BCUT2D eigenvalue weighted by Crippen LogP contribution is -2.27. The molecule has 2 N–H and O–H groups in total. The summed E-state index contributed by atoms with van der Waals surface area (Å²) in [5, 5.41) is 0. The van der Waals surface area contributed by atoms with E-state index in [0.717, 1.165) is 12.8 Å². The summed E-state index contributed by atoms with van der Waals surface area (Å²) in [5.41, 5.74) is 5.18. The van der Waals surface area contributed by atoms with Crippen LogP contribution in [0.25, 0.3) is 0 Å². The summed E-state index contributed by atoms with van der Waals surface area (Å²) in [7, 11) is 0. The van der Waals surface area contributed by atoms with Gasteiger partial charge in [0.2, 0.25) is 5.91 Å². The van der Waals surface area contributed by atoms with Crippen LogP contribution in [-0.4, -0.2) is 5.91 Å². The quantitative estimate of drug-likeness (QED) is 0.637. The Morgan fingerprint density at radius 1 is 1.40 bits per heavy atom. The lowest BCUT2D eigenvalue weighted by Gasteiger charge is -2.16. The zero-order chi connectivity index (χ0) is 8.15. The van der Waals surface area contributed by atoms with Crippen molar-refractivity contribution in [1.29, 1.82) is 0 Å². The third-order valence-electron chi connectivity index (χ3n) is 2.14. The standard InChI is InChI=1S/C8H17NO/c1-4-6(3)7(5-2)8(9)10/h6-7H,4-5H2,1-3H3,(H2,9,10)/t6-,7+/m1/s1. The fourth-order valence-corrected chi connectivity index (χ4v) is 1.17. The molecular weight excluding hydrogens is 126 g/mol. The molecule has 0 aromatic rings. The van der Waals surface area contributed by atoms with Gasteiger partial charge in [0.05, 0.1) is 0 Å². The summed E-state index contributed by atoms with van der Waals surface area (Å²) >= 11 is 0. The molecule has 0 heterocycles. The number of carbonyl (C=O) groups excluding carboxylic acids is 1. The number of hydrogen-bond donors (Lipinski definition) is 1. The van der Waals surface area contributed by atoms with E-state index in [1.807, 2.05) is 6.92 Å². The molecule has 0 rings (SSSR count). The van der Waals surface area contributed by atoms with Gasteiger partial charge in [0.15, 0.2) is 0 Å². The van der Waals surface area contributed by atoms with Crippen molar-refractivity contribution in [3.05, 3.63) is 0 Å². The third-order valence-corrected chi connectivity index (χ3v) is 2.14. The highest BCUT2D eigenvalue weighted by Crippen LogP contribution is 2.17. The van der Waals surface area contributed by atoms with Crippen molar-refractivity contribution in [2.24, 2.45) is 17.6 Å². The maximum Gasteiger partial charge on any atom is 0.220 e. The van der Waals surface area contributed by atoms with Crippen LogP contribution in [0.2, 0.25) is 0 Å². The largest absolute Gasteiger partial charge is 0.369 e. The summed E-state index contributed by atoms with van der Waals surface area (Å²) in [6.07, 6.45) is 1.89. The van der Waals surface area contributed by atoms with E-state index in [1.165, 1.54) is 0 Å². The van der Waals surface area contributed by atoms with Gasteiger partial charge in [0, 0.05) is 5.92 Å². The van der Waals surface area contributed by atoms with Crippen molar-refractivity contribution in [3.63, 3.8) is 0 Å². The number of rotatable bonds is 4. The fourth-order valence-electron chi connectivity index (χ4n) is 1.17. The van der Waals surface area contributed by atoms with E-state index in [-0.39, 0.29) is 11.8 Å². The third kappa shape index (κ3) is 2.38. The van der Waals surface area contributed by atoms with Crippen LogP contribution in [-0.2, 0) is 4.79 Å². The number of primary amides is 1. The van der Waals surface area contributed by atoms with Crippen LogP contribution in [0.4, 0.5) is 0 Å². The van der Waals surface area contributed by atoms with Crippen LogP contribution in [0.15, 0.2) is 0 Å². The van der Waals surface area contributed by atoms with Crippen LogP contribution in [0, 0.1) is 11.8 Å². The molecule has 0 aromatic carbocycles. The minimum absolute atomic E-state index is 0.0741. The molecule has 0 fully saturated rings. The van der Waals surface area contributed by atoms with Gasteiger partial charge >= 0.3 is 0 Å². The first kappa shape index (κ1) is 9.47. The summed E-state index contributed by atoms with van der Waals surface area (Å²) in [6, 6.07) is 0. The second-order valence-corrected chi connectivity index (χ2v) is 2.80. The first-order valence-corrected chi connectivity index (χ1v) is 3.92. The lowest BCUT2D eigenvalue weighted by molar-refractivity contribution is -0.123. The van der Waals surface area contributed by atoms with Crippen molar-refractivity contribution in [1.82, 2.24) is 0 Å². The van der Waals surface area contributed by atoms with E-state index in [9.17, 15) is 4.79 Å². The molecule has 10 heavy (non-hydrogen) atoms. The average Bonchev–Trinajstić information content (AvgIpc) is 1.88. The molecule has 0 saturated carbocycles. The Hall–Kier alpha value is -0.530. The lowest BCUT2D eigenvalue weighted by atomic mass is 9.89.